The highest BCUT2D eigenvalue weighted by atomic mass is 35.5. The van der Waals surface area contributed by atoms with Gasteiger partial charge in [-0.15, -0.1) is 0 Å². The Bertz CT molecular complexity index is 415. The van der Waals surface area contributed by atoms with Gasteiger partial charge in [0.25, 0.3) is 0 Å². The molecular weight excluding hydrogens is 266 g/mol. The second kappa shape index (κ2) is 6.68. The van der Waals surface area contributed by atoms with Crippen molar-refractivity contribution in [2.75, 3.05) is 27.4 Å². The molecule has 0 aliphatic carbocycles. The van der Waals surface area contributed by atoms with E-state index >= 15 is 0 Å². The quantitative estimate of drug-likeness (QED) is 0.911. The molecule has 1 aromatic rings. The number of aliphatic hydroxyl groups excluding tert-OH is 1. The van der Waals surface area contributed by atoms with Crippen LogP contribution in [0.3, 0.4) is 0 Å². The number of hydrogen-bond donors (Lipinski definition) is 1. The molecule has 5 heteroatoms. The molecule has 1 N–H and O–H groups in total. The molecule has 1 aliphatic rings. The minimum atomic E-state index is -0.550. The fourth-order valence-electron chi connectivity index (χ4n) is 2.36. The summed E-state index contributed by atoms with van der Waals surface area (Å²) in [5, 5.41) is 11.0. The predicted molar refractivity (Wildman–Crippen MR) is 74.3 cm³/mol. The molecule has 0 radical (unpaired) electrons. The smallest absolute Gasteiger partial charge is 0.108 e. The topological polar surface area (TPSA) is 41.9 Å². The van der Waals surface area contributed by atoms with Crippen LogP contribution in [0.15, 0.2) is 24.3 Å². The van der Waals surface area contributed by atoms with E-state index in [9.17, 15) is 5.11 Å². The third-order valence-electron chi connectivity index (χ3n) is 3.59. The molecule has 0 spiro atoms. The van der Waals surface area contributed by atoms with E-state index in [4.69, 9.17) is 21.1 Å². The van der Waals surface area contributed by atoms with E-state index < -0.39 is 6.10 Å². The van der Waals surface area contributed by atoms with E-state index in [2.05, 4.69) is 4.90 Å². The third kappa shape index (κ3) is 3.46. The molecule has 19 heavy (non-hydrogen) atoms. The Balaban J connectivity index is 2.03. The first kappa shape index (κ1) is 14.8. The van der Waals surface area contributed by atoms with E-state index in [-0.39, 0.29) is 12.1 Å². The molecular formula is C14H20ClNO3. The number of rotatable bonds is 4. The molecule has 1 fully saturated rings. The highest BCUT2D eigenvalue weighted by molar-refractivity contribution is 6.31. The standard InChI is InChI=1S/C14H20ClNO3/c1-16(7-10-5-3-4-6-11(10)15)12-8-19-9-13(18-2)14(12)17/h3-6,12-14,17H,7-9H2,1-2H3/t12-,13-,14+/m1/s1. The van der Waals surface area contributed by atoms with Gasteiger partial charge in [-0.05, 0) is 18.7 Å². The van der Waals surface area contributed by atoms with Crippen molar-refractivity contribution in [2.45, 2.75) is 24.8 Å². The van der Waals surface area contributed by atoms with Crippen molar-refractivity contribution in [3.63, 3.8) is 0 Å². The van der Waals surface area contributed by atoms with Crippen LogP contribution < -0.4 is 0 Å². The summed E-state index contributed by atoms with van der Waals surface area (Å²) in [4.78, 5) is 2.05. The third-order valence-corrected chi connectivity index (χ3v) is 3.96. The highest BCUT2D eigenvalue weighted by Crippen LogP contribution is 2.21. The molecule has 0 bridgehead atoms. The molecule has 1 aliphatic heterocycles. The molecule has 0 unspecified atom stereocenters. The summed E-state index contributed by atoms with van der Waals surface area (Å²) in [5.41, 5.74) is 1.04. The van der Waals surface area contributed by atoms with Crippen molar-refractivity contribution >= 4 is 11.6 Å². The molecule has 0 amide bonds. The number of ether oxygens (including phenoxy) is 2. The van der Waals surface area contributed by atoms with Crippen LogP contribution in [0, 0.1) is 0 Å². The fraction of sp³-hybridized carbons (Fsp3) is 0.571. The number of halogens is 1. The summed E-state index contributed by atoms with van der Waals surface area (Å²) >= 11 is 6.15. The van der Waals surface area contributed by atoms with Crippen LogP contribution in [0.25, 0.3) is 0 Å². The van der Waals surface area contributed by atoms with E-state index in [0.717, 1.165) is 10.6 Å². The number of nitrogens with zero attached hydrogens (tertiary/aromatic N) is 1. The first-order valence-electron chi connectivity index (χ1n) is 6.35. The second-order valence-corrected chi connectivity index (χ2v) is 5.28. The van der Waals surface area contributed by atoms with E-state index in [0.29, 0.717) is 19.8 Å². The van der Waals surface area contributed by atoms with Crippen LogP contribution >= 0.6 is 11.6 Å². The monoisotopic (exact) mass is 285 g/mol. The van der Waals surface area contributed by atoms with Crippen molar-refractivity contribution < 1.29 is 14.6 Å². The van der Waals surface area contributed by atoms with Gasteiger partial charge in [-0.25, -0.2) is 0 Å². The van der Waals surface area contributed by atoms with E-state index in [1.807, 2.05) is 31.3 Å². The number of aliphatic hydroxyl groups is 1. The average Bonchev–Trinajstić information content (AvgIpc) is 2.41. The van der Waals surface area contributed by atoms with Gasteiger partial charge in [0.15, 0.2) is 0 Å². The lowest BCUT2D eigenvalue weighted by Crippen LogP contribution is -2.55. The van der Waals surface area contributed by atoms with Crippen molar-refractivity contribution in [2.24, 2.45) is 0 Å². The SMILES string of the molecule is CO[C@@H]1COC[C@@H](N(C)Cc2ccccc2Cl)[C@@H]1O. The zero-order chi connectivity index (χ0) is 13.8. The Morgan fingerprint density at radius 2 is 2.16 bits per heavy atom. The number of methoxy groups -OCH3 is 1. The van der Waals surface area contributed by atoms with Gasteiger partial charge in [0.1, 0.15) is 12.2 Å². The van der Waals surface area contributed by atoms with Gasteiger partial charge in [0, 0.05) is 18.7 Å². The lowest BCUT2D eigenvalue weighted by molar-refractivity contribution is -0.142. The largest absolute Gasteiger partial charge is 0.389 e. The minimum absolute atomic E-state index is 0.0880. The average molecular weight is 286 g/mol. The van der Waals surface area contributed by atoms with Crippen molar-refractivity contribution in [3.8, 4) is 0 Å². The van der Waals surface area contributed by atoms with Crippen LogP contribution in [-0.2, 0) is 16.0 Å². The second-order valence-electron chi connectivity index (χ2n) is 4.88. The molecule has 106 valence electrons. The van der Waals surface area contributed by atoms with Crippen molar-refractivity contribution in [3.05, 3.63) is 34.9 Å². The van der Waals surface area contributed by atoms with Gasteiger partial charge >= 0.3 is 0 Å². The molecule has 4 nitrogen and oxygen atoms in total. The summed E-state index contributed by atoms with van der Waals surface area (Å²) in [5.74, 6) is 0. The zero-order valence-corrected chi connectivity index (χ0v) is 12.0. The summed E-state index contributed by atoms with van der Waals surface area (Å²) in [6.45, 7) is 1.61. The van der Waals surface area contributed by atoms with Crippen LogP contribution in [0.1, 0.15) is 5.56 Å². The molecule has 3 atom stereocenters. The molecule has 0 saturated carbocycles. The van der Waals surface area contributed by atoms with Gasteiger partial charge in [-0.3, -0.25) is 4.90 Å². The predicted octanol–water partition coefficient (Wildman–Crippen LogP) is 1.55. The van der Waals surface area contributed by atoms with E-state index in [1.165, 1.54) is 0 Å². The maximum absolute atomic E-state index is 10.3. The molecule has 1 heterocycles. The Kier molecular flexibility index (Phi) is 5.19. The van der Waals surface area contributed by atoms with Crippen LogP contribution in [-0.4, -0.2) is 55.6 Å². The fourth-order valence-corrected chi connectivity index (χ4v) is 2.55. The molecule has 0 aromatic heterocycles. The van der Waals surface area contributed by atoms with Crippen LogP contribution in [0.4, 0.5) is 0 Å². The molecule has 2 rings (SSSR count). The maximum Gasteiger partial charge on any atom is 0.108 e. The zero-order valence-electron chi connectivity index (χ0n) is 11.3. The highest BCUT2D eigenvalue weighted by Gasteiger charge is 2.35. The maximum atomic E-state index is 10.3. The normalized spacial score (nSPS) is 27.7. The summed E-state index contributed by atoms with van der Waals surface area (Å²) in [7, 11) is 3.55. The van der Waals surface area contributed by atoms with Gasteiger partial charge in [0.05, 0.1) is 19.3 Å². The molecule has 1 saturated heterocycles. The van der Waals surface area contributed by atoms with Crippen molar-refractivity contribution in [1.82, 2.24) is 4.90 Å². The Morgan fingerprint density at radius 1 is 1.42 bits per heavy atom. The van der Waals surface area contributed by atoms with Crippen LogP contribution in [0.5, 0.6) is 0 Å². The lowest BCUT2D eigenvalue weighted by Gasteiger charge is -2.39. The summed E-state index contributed by atoms with van der Waals surface area (Å²) < 4.78 is 10.7. The number of hydrogen-bond acceptors (Lipinski definition) is 4. The first-order valence-corrected chi connectivity index (χ1v) is 6.73. The molecule has 1 aromatic carbocycles. The number of benzene rings is 1. The van der Waals surface area contributed by atoms with Crippen molar-refractivity contribution in [1.29, 1.82) is 0 Å². The van der Waals surface area contributed by atoms with Gasteiger partial charge in [0.2, 0.25) is 0 Å². The van der Waals surface area contributed by atoms with E-state index in [1.54, 1.807) is 7.11 Å². The first-order chi connectivity index (χ1) is 9.13. The summed E-state index contributed by atoms with van der Waals surface area (Å²) in [6.07, 6.45) is -0.821. The Labute approximate surface area is 118 Å². The Morgan fingerprint density at radius 3 is 2.84 bits per heavy atom. The lowest BCUT2D eigenvalue weighted by atomic mass is 10.0. The minimum Gasteiger partial charge on any atom is -0.389 e. The van der Waals surface area contributed by atoms with Gasteiger partial charge in [-0.2, -0.15) is 0 Å². The Hall–Kier alpha value is -0.650. The van der Waals surface area contributed by atoms with Gasteiger partial charge < -0.3 is 14.6 Å². The summed E-state index contributed by atoms with van der Waals surface area (Å²) in [6, 6.07) is 7.64. The van der Waals surface area contributed by atoms with Gasteiger partial charge in [-0.1, -0.05) is 29.8 Å². The number of likely N-dealkylation sites (N-methyl/N-ethyl adjacent to an activating group) is 1. The van der Waals surface area contributed by atoms with Crippen LogP contribution in [0.2, 0.25) is 5.02 Å².